The molecule has 0 radical (unpaired) electrons. The fourth-order valence-electron chi connectivity index (χ4n) is 3.26. The van der Waals surface area contributed by atoms with Crippen LogP contribution >= 0.6 is 23.2 Å². The number of hydrogen-bond acceptors (Lipinski definition) is 5. The lowest BCUT2D eigenvalue weighted by molar-refractivity contribution is -0.113. The predicted octanol–water partition coefficient (Wildman–Crippen LogP) is 2.70. The molecule has 1 amide bonds. The molecule has 0 atom stereocenters. The number of nitrogens with zero attached hydrogens (tertiary/aromatic N) is 2. The van der Waals surface area contributed by atoms with E-state index in [2.05, 4.69) is 4.99 Å². The Labute approximate surface area is 167 Å². The summed E-state index contributed by atoms with van der Waals surface area (Å²) in [5, 5.41) is 0.715. The lowest BCUT2D eigenvalue weighted by Crippen LogP contribution is -2.41. The zero-order valence-corrected chi connectivity index (χ0v) is 16.4. The van der Waals surface area contributed by atoms with E-state index in [9.17, 15) is 9.59 Å². The van der Waals surface area contributed by atoms with Crippen LogP contribution in [-0.4, -0.2) is 41.9 Å². The summed E-state index contributed by atoms with van der Waals surface area (Å²) in [7, 11) is 0. The van der Waals surface area contributed by atoms with Crippen molar-refractivity contribution in [3.63, 3.8) is 0 Å². The Morgan fingerprint density at radius 1 is 1.15 bits per heavy atom. The van der Waals surface area contributed by atoms with Crippen molar-refractivity contribution in [2.24, 2.45) is 16.5 Å². The second kappa shape index (κ2) is 7.74. The van der Waals surface area contributed by atoms with Crippen molar-refractivity contribution < 1.29 is 9.59 Å². The normalized spacial score (nSPS) is 17.9. The van der Waals surface area contributed by atoms with Crippen LogP contribution < -0.4 is 11.5 Å². The summed E-state index contributed by atoms with van der Waals surface area (Å²) in [5.41, 5.74) is 15.6. The molecule has 6 nitrogen and oxygen atoms in total. The van der Waals surface area contributed by atoms with Gasteiger partial charge in [0.1, 0.15) is 0 Å². The molecule has 2 heterocycles. The lowest BCUT2D eigenvalue weighted by atomic mass is 9.93. The summed E-state index contributed by atoms with van der Waals surface area (Å²) in [6.07, 6.45) is 1.02. The highest BCUT2D eigenvalue weighted by Gasteiger charge is 2.29. The Morgan fingerprint density at radius 3 is 2.56 bits per heavy atom. The van der Waals surface area contributed by atoms with Crippen molar-refractivity contribution in [2.75, 3.05) is 19.6 Å². The number of hydrogen-bond donors (Lipinski definition) is 2. The topological polar surface area (TPSA) is 102 Å². The maximum absolute atomic E-state index is 12.9. The zero-order chi connectivity index (χ0) is 19.7. The third-order valence-electron chi connectivity index (χ3n) is 4.76. The second-order valence-electron chi connectivity index (χ2n) is 6.54. The van der Waals surface area contributed by atoms with Gasteiger partial charge in [0.15, 0.2) is 5.78 Å². The fraction of sp³-hybridized carbons (Fsp3) is 0.316. The molecule has 1 aromatic carbocycles. The smallest absolute Gasteiger partial charge is 0.254 e. The van der Waals surface area contributed by atoms with Crippen LogP contribution in [0.2, 0.25) is 10.0 Å². The summed E-state index contributed by atoms with van der Waals surface area (Å²) in [6, 6.07) is 4.78. The van der Waals surface area contributed by atoms with Crippen LogP contribution in [-0.2, 0) is 4.79 Å². The Morgan fingerprint density at radius 2 is 1.89 bits per heavy atom. The molecule has 2 aliphatic heterocycles. The van der Waals surface area contributed by atoms with E-state index in [0.717, 1.165) is 0 Å². The minimum Gasteiger partial charge on any atom is -0.402 e. The minimum atomic E-state index is -0.177. The molecule has 1 aromatic rings. The number of allylic oxidation sites excluding steroid dienone is 1. The first-order valence-corrected chi connectivity index (χ1v) is 9.31. The predicted molar refractivity (Wildman–Crippen MR) is 107 cm³/mol. The number of ketones is 1. The standard InChI is InChI=1S/C19H20Cl2N4O2/c1-10(26)12-4-6-24-18(17(12)23)13-9-25(7-5-16(13)22)19(27)11-2-3-14(20)15(21)8-11/h2-3,8H,4-7,9,22-23H2,1H3. The molecule has 4 N–H and O–H groups in total. The number of carbonyl (C=O) groups is 2. The summed E-state index contributed by atoms with van der Waals surface area (Å²) in [5.74, 6) is -0.247. The molecule has 3 rings (SSSR count). The molecule has 8 heteroatoms. The van der Waals surface area contributed by atoms with E-state index >= 15 is 0 Å². The van der Waals surface area contributed by atoms with Crippen LogP contribution in [0.1, 0.15) is 30.1 Å². The highest BCUT2D eigenvalue weighted by Crippen LogP contribution is 2.26. The monoisotopic (exact) mass is 406 g/mol. The summed E-state index contributed by atoms with van der Waals surface area (Å²) < 4.78 is 0. The maximum Gasteiger partial charge on any atom is 0.254 e. The van der Waals surface area contributed by atoms with Gasteiger partial charge >= 0.3 is 0 Å². The minimum absolute atomic E-state index is 0.0707. The third-order valence-corrected chi connectivity index (χ3v) is 5.50. The van der Waals surface area contributed by atoms with Crippen molar-refractivity contribution in [1.29, 1.82) is 0 Å². The van der Waals surface area contributed by atoms with Crippen molar-refractivity contribution in [2.45, 2.75) is 19.8 Å². The zero-order valence-electron chi connectivity index (χ0n) is 14.9. The molecule has 0 unspecified atom stereocenters. The SMILES string of the molecule is CC(=O)C1=C(N)C(C2=C(N)CCN(C(=O)c3ccc(Cl)c(Cl)c3)C2)=NCC1. The first kappa shape index (κ1) is 19.5. The van der Waals surface area contributed by atoms with Crippen molar-refractivity contribution in [3.8, 4) is 0 Å². The number of carbonyl (C=O) groups excluding carboxylic acids is 2. The number of halogens is 2. The van der Waals surface area contributed by atoms with Gasteiger partial charge in [-0.15, -0.1) is 0 Å². The van der Waals surface area contributed by atoms with E-state index in [1.54, 1.807) is 23.1 Å². The van der Waals surface area contributed by atoms with Crippen LogP contribution in [0.15, 0.2) is 45.7 Å². The van der Waals surface area contributed by atoms with Gasteiger partial charge in [0, 0.05) is 48.5 Å². The van der Waals surface area contributed by atoms with E-state index in [4.69, 9.17) is 34.7 Å². The van der Waals surface area contributed by atoms with Crippen LogP contribution in [0, 0.1) is 0 Å². The lowest BCUT2D eigenvalue weighted by Gasteiger charge is -2.31. The van der Waals surface area contributed by atoms with Gasteiger partial charge in [-0.1, -0.05) is 23.2 Å². The summed E-state index contributed by atoms with van der Waals surface area (Å²) in [6.45, 7) is 2.72. The van der Waals surface area contributed by atoms with Gasteiger partial charge in [-0.3, -0.25) is 14.6 Å². The molecular formula is C19H20Cl2N4O2. The van der Waals surface area contributed by atoms with Crippen molar-refractivity contribution in [1.82, 2.24) is 4.90 Å². The molecular weight excluding hydrogens is 387 g/mol. The molecule has 0 spiro atoms. The van der Waals surface area contributed by atoms with Gasteiger partial charge in [-0.2, -0.15) is 0 Å². The fourth-order valence-corrected chi connectivity index (χ4v) is 3.55. The summed E-state index contributed by atoms with van der Waals surface area (Å²) >= 11 is 12.0. The van der Waals surface area contributed by atoms with Gasteiger partial charge < -0.3 is 16.4 Å². The van der Waals surface area contributed by atoms with Gasteiger partial charge in [0.2, 0.25) is 0 Å². The molecule has 142 valence electrons. The number of dihydropyridines is 1. The van der Waals surface area contributed by atoms with E-state index in [-0.39, 0.29) is 18.2 Å². The molecule has 0 saturated heterocycles. The van der Waals surface area contributed by atoms with E-state index in [1.165, 1.54) is 6.92 Å². The van der Waals surface area contributed by atoms with Crippen molar-refractivity contribution in [3.05, 3.63) is 56.3 Å². The molecule has 0 saturated carbocycles. The van der Waals surface area contributed by atoms with E-state index in [0.29, 0.717) is 69.8 Å². The van der Waals surface area contributed by atoms with Gasteiger partial charge in [-0.25, -0.2) is 0 Å². The first-order valence-electron chi connectivity index (χ1n) is 8.56. The largest absolute Gasteiger partial charge is 0.402 e. The van der Waals surface area contributed by atoms with Crippen molar-refractivity contribution >= 4 is 40.6 Å². The molecule has 0 aliphatic carbocycles. The molecule has 0 fully saturated rings. The maximum atomic E-state index is 12.9. The Balaban J connectivity index is 1.88. The number of amides is 1. The molecule has 2 aliphatic rings. The number of benzene rings is 1. The van der Waals surface area contributed by atoms with Crippen LogP contribution in [0.3, 0.4) is 0 Å². The first-order chi connectivity index (χ1) is 12.8. The van der Waals surface area contributed by atoms with E-state index in [1.807, 2.05) is 0 Å². The number of Topliss-reactive ketones (excluding diaryl/α,β-unsaturated/α-hetero) is 1. The highest BCUT2D eigenvalue weighted by atomic mass is 35.5. The Bertz CT molecular complexity index is 918. The molecule has 27 heavy (non-hydrogen) atoms. The van der Waals surface area contributed by atoms with Crippen LogP contribution in [0.5, 0.6) is 0 Å². The number of nitrogens with two attached hydrogens (primary N) is 2. The third kappa shape index (κ3) is 3.87. The Kier molecular flexibility index (Phi) is 5.58. The summed E-state index contributed by atoms with van der Waals surface area (Å²) in [4.78, 5) is 30.8. The number of aliphatic imine (C=N–C) groups is 1. The van der Waals surface area contributed by atoms with Gasteiger partial charge in [0.25, 0.3) is 5.91 Å². The molecule has 0 aromatic heterocycles. The van der Waals surface area contributed by atoms with E-state index < -0.39 is 0 Å². The average molecular weight is 407 g/mol. The van der Waals surface area contributed by atoms with Gasteiger partial charge in [-0.05, 0) is 31.5 Å². The van der Waals surface area contributed by atoms with Gasteiger partial charge in [0.05, 0.1) is 21.5 Å². The average Bonchev–Trinajstić information content (AvgIpc) is 2.64. The van der Waals surface area contributed by atoms with Crippen LogP contribution in [0.25, 0.3) is 0 Å². The quantitative estimate of drug-likeness (QED) is 0.804. The molecule has 0 bridgehead atoms. The number of rotatable bonds is 3. The van der Waals surface area contributed by atoms with Crippen LogP contribution in [0.4, 0.5) is 0 Å². The second-order valence-corrected chi connectivity index (χ2v) is 7.35. The highest BCUT2D eigenvalue weighted by molar-refractivity contribution is 6.42. The Hall–Kier alpha value is -2.31.